The lowest BCUT2D eigenvalue weighted by Crippen LogP contribution is -2.79. The second-order valence-corrected chi connectivity index (χ2v) is 14.1. The lowest BCUT2D eigenvalue weighted by atomic mass is 9.38. The fourth-order valence-corrected chi connectivity index (χ4v) is 9.43. The van der Waals surface area contributed by atoms with E-state index in [1.165, 1.54) is 6.08 Å². The predicted molar refractivity (Wildman–Crippen MR) is 150 cm³/mol. The number of ketones is 1. The highest BCUT2D eigenvalue weighted by Gasteiger charge is 2.85. The average molecular weight is 669 g/mol. The summed E-state index contributed by atoms with van der Waals surface area (Å²) in [7, 11) is 0. The van der Waals surface area contributed by atoms with Crippen LogP contribution in [0.15, 0.2) is 23.5 Å². The third kappa shape index (κ3) is 4.49. The second kappa shape index (κ2) is 11.3. The van der Waals surface area contributed by atoms with E-state index in [0.717, 1.165) is 6.08 Å². The Labute approximate surface area is 268 Å². The van der Waals surface area contributed by atoms with Crippen LogP contribution in [0.25, 0.3) is 0 Å². The Balaban J connectivity index is 1.47. The number of rotatable bonds is 6. The minimum atomic E-state index is -2.57. The topological polar surface area (TPSA) is 256 Å². The maximum atomic E-state index is 13.7. The van der Waals surface area contributed by atoms with Crippen molar-refractivity contribution >= 4 is 23.7 Å². The molecule has 47 heavy (non-hydrogen) atoms. The molecule has 2 saturated carbocycles. The molecular formula is C31H40O16. The first-order chi connectivity index (χ1) is 22.0. The zero-order chi connectivity index (χ0) is 34.5. The Hall–Kier alpha value is -2.96. The molecule has 0 amide bonds. The number of ether oxygens (including phenoxy) is 5. The van der Waals surface area contributed by atoms with Crippen LogP contribution in [0.1, 0.15) is 34.1 Å². The Kier molecular flexibility index (Phi) is 8.16. The molecule has 6 rings (SSSR count). The maximum absolute atomic E-state index is 13.7. The molecule has 16 heteroatoms. The predicted octanol–water partition coefficient (Wildman–Crippen LogP) is -2.46. The molecule has 0 aromatic rings. The van der Waals surface area contributed by atoms with Gasteiger partial charge in [-0.1, -0.05) is 19.4 Å². The zero-order valence-electron chi connectivity index (χ0n) is 26.1. The Morgan fingerprint density at radius 2 is 1.72 bits per heavy atom. The molecule has 3 saturated heterocycles. The van der Waals surface area contributed by atoms with E-state index in [9.17, 15) is 54.9 Å². The molecule has 1 spiro atoms. The zero-order valence-corrected chi connectivity index (χ0v) is 26.1. The highest BCUT2D eigenvalue weighted by Crippen LogP contribution is 2.72. The van der Waals surface area contributed by atoms with Gasteiger partial charge in [-0.15, -0.1) is 0 Å². The number of esters is 2. The Morgan fingerprint density at radius 3 is 2.34 bits per heavy atom. The van der Waals surface area contributed by atoms with Gasteiger partial charge >= 0.3 is 17.9 Å². The van der Waals surface area contributed by atoms with Crippen LogP contribution in [-0.2, 0) is 42.9 Å². The first-order valence-corrected chi connectivity index (χ1v) is 15.5. The molecule has 3 aliphatic carbocycles. The summed E-state index contributed by atoms with van der Waals surface area (Å²) < 4.78 is 28.6. The molecule has 6 aliphatic rings. The normalized spacial score (nSPS) is 49.9. The number of fused-ring (bicyclic) bond motifs is 2. The number of allylic oxidation sites excluding steroid dienone is 3. The fourth-order valence-electron chi connectivity index (χ4n) is 9.43. The van der Waals surface area contributed by atoms with Crippen LogP contribution in [0, 0.1) is 34.5 Å². The second-order valence-electron chi connectivity index (χ2n) is 14.1. The maximum Gasteiger partial charge on any atom is 0.348 e. The van der Waals surface area contributed by atoms with Gasteiger partial charge in [0.1, 0.15) is 36.6 Å². The van der Waals surface area contributed by atoms with Crippen molar-refractivity contribution in [2.75, 3.05) is 13.2 Å². The van der Waals surface area contributed by atoms with Crippen LogP contribution in [0.2, 0.25) is 0 Å². The van der Waals surface area contributed by atoms with Crippen molar-refractivity contribution in [2.45, 2.75) is 94.8 Å². The van der Waals surface area contributed by atoms with Crippen molar-refractivity contribution in [1.29, 1.82) is 0 Å². The van der Waals surface area contributed by atoms with Crippen LogP contribution in [-0.4, -0.2) is 133 Å². The number of hydrogen-bond acceptors (Lipinski definition) is 15. The number of carbonyl (C=O) groups excluding carboxylic acids is 3. The molecule has 16 nitrogen and oxygen atoms in total. The van der Waals surface area contributed by atoms with Crippen molar-refractivity contribution in [3.05, 3.63) is 23.5 Å². The lowest BCUT2D eigenvalue weighted by Gasteiger charge is -2.67. The number of hydrogen-bond donors (Lipinski definition) is 7. The summed E-state index contributed by atoms with van der Waals surface area (Å²) in [5, 5.41) is 74.6. The monoisotopic (exact) mass is 668 g/mol. The number of aliphatic hydroxyl groups is 6. The van der Waals surface area contributed by atoms with E-state index in [4.69, 9.17) is 23.7 Å². The molecule has 16 atom stereocenters. The largest absolute Gasteiger partial charge is 0.479 e. The van der Waals surface area contributed by atoms with Crippen molar-refractivity contribution in [3.8, 4) is 0 Å². The van der Waals surface area contributed by atoms with E-state index in [1.54, 1.807) is 27.7 Å². The molecule has 0 radical (unpaired) electrons. The quantitative estimate of drug-likeness (QED) is 0.114. The van der Waals surface area contributed by atoms with E-state index in [-0.39, 0.29) is 12.2 Å². The average Bonchev–Trinajstić information content (AvgIpc) is 3.31. The molecule has 5 fully saturated rings. The van der Waals surface area contributed by atoms with Gasteiger partial charge < -0.3 is 59.4 Å². The van der Waals surface area contributed by atoms with Gasteiger partial charge in [0.15, 0.2) is 11.5 Å². The van der Waals surface area contributed by atoms with Crippen LogP contribution < -0.4 is 0 Å². The number of carbonyl (C=O) groups is 4. The summed E-state index contributed by atoms with van der Waals surface area (Å²) in [4.78, 5) is 53.0. The SMILES string of the molecule is CC(C)=CC(=O)O[C@H]1C(=O)O[C@@H]2C[C@H]3[C@H](C)C(=O)C(O[C@@H]4O[C@H](CO)[C@@H](O)[C@H](O)[C@H]4O)=C[C@]3(C)[C@H]3[C@@H](O)[C@H](O)[C@]4(C(=O)O)OC[C@]32[C@@H]14. The van der Waals surface area contributed by atoms with E-state index in [1.807, 2.05) is 0 Å². The van der Waals surface area contributed by atoms with E-state index in [2.05, 4.69) is 0 Å². The first-order valence-electron chi connectivity index (χ1n) is 15.5. The summed E-state index contributed by atoms with van der Waals surface area (Å²) in [5.74, 6) is -8.84. The smallest absolute Gasteiger partial charge is 0.348 e. The number of carboxylic acid groups (broad SMARTS) is 1. The molecule has 3 heterocycles. The van der Waals surface area contributed by atoms with E-state index >= 15 is 0 Å². The third-order valence-electron chi connectivity index (χ3n) is 11.4. The summed E-state index contributed by atoms with van der Waals surface area (Å²) in [6.45, 7) is 5.32. The van der Waals surface area contributed by atoms with Gasteiger partial charge in [0.05, 0.1) is 25.2 Å². The minimum Gasteiger partial charge on any atom is -0.479 e. The van der Waals surface area contributed by atoms with Crippen LogP contribution in [0.5, 0.6) is 0 Å². The lowest BCUT2D eigenvalue weighted by molar-refractivity contribution is -0.296. The minimum absolute atomic E-state index is 0.00247. The van der Waals surface area contributed by atoms with Gasteiger partial charge in [0, 0.05) is 23.3 Å². The van der Waals surface area contributed by atoms with Gasteiger partial charge in [-0.3, -0.25) is 4.79 Å². The van der Waals surface area contributed by atoms with Crippen LogP contribution >= 0.6 is 0 Å². The van der Waals surface area contributed by atoms with Crippen LogP contribution in [0.3, 0.4) is 0 Å². The number of aliphatic carboxylic acids is 1. The fraction of sp³-hybridized carbons (Fsp3) is 0.742. The summed E-state index contributed by atoms with van der Waals surface area (Å²) in [5.41, 5.74) is -4.90. The number of Topliss-reactive ketones (excluding diaryl/α,β-unsaturated/α-hetero) is 1. The summed E-state index contributed by atoms with van der Waals surface area (Å²) in [6, 6.07) is 0. The molecule has 0 aromatic heterocycles. The van der Waals surface area contributed by atoms with Gasteiger partial charge in [0.2, 0.25) is 18.0 Å². The molecule has 260 valence electrons. The molecule has 7 N–H and O–H groups in total. The van der Waals surface area contributed by atoms with Crippen molar-refractivity contribution in [1.82, 2.24) is 0 Å². The van der Waals surface area contributed by atoms with Crippen molar-refractivity contribution in [3.63, 3.8) is 0 Å². The Morgan fingerprint density at radius 1 is 1.04 bits per heavy atom. The molecule has 0 unspecified atom stereocenters. The molecular weight excluding hydrogens is 628 g/mol. The standard InChI is InChI=1S/C31H40O16/c1-10(2)5-16(33)47-22-24-30-9-43-31(24,28(41)42)25(39)21(38)23(30)29(4)7-13(17(34)11(3)12(29)6-15(30)46-26(22)40)44-27-20(37)19(36)18(35)14(8-32)45-27/h5,7,11-12,14-15,18-25,27,32,35-39H,6,8-9H2,1-4H3,(H,41,42)/t11-,12-,14+,15+,18+,19-,20+,21+,22+,23+,24+,25-,27+,29-,30+,31+/m0/s1. The number of aliphatic hydroxyl groups excluding tert-OH is 6. The van der Waals surface area contributed by atoms with Crippen molar-refractivity contribution in [2.24, 2.45) is 34.5 Å². The molecule has 2 bridgehead atoms. The molecule has 3 aliphatic heterocycles. The highest BCUT2D eigenvalue weighted by atomic mass is 16.7. The van der Waals surface area contributed by atoms with Gasteiger partial charge in [0.25, 0.3) is 0 Å². The van der Waals surface area contributed by atoms with Gasteiger partial charge in [-0.25, -0.2) is 14.4 Å². The van der Waals surface area contributed by atoms with Gasteiger partial charge in [-0.2, -0.15) is 0 Å². The van der Waals surface area contributed by atoms with E-state index in [0.29, 0.717) is 5.57 Å². The summed E-state index contributed by atoms with van der Waals surface area (Å²) >= 11 is 0. The molecule has 0 aromatic carbocycles. The van der Waals surface area contributed by atoms with Crippen molar-refractivity contribution < 1.29 is 78.6 Å². The number of carboxylic acids is 1. The highest BCUT2D eigenvalue weighted by molar-refractivity contribution is 5.97. The third-order valence-corrected chi connectivity index (χ3v) is 11.4. The van der Waals surface area contributed by atoms with Crippen LogP contribution in [0.4, 0.5) is 0 Å². The van der Waals surface area contributed by atoms with Gasteiger partial charge in [-0.05, 0) is 37.7 Å². The summed E-state index contributed by atoms with van der Waals surface area (Å²) in [6.07, 6.45) is -12.7. The van der Waals surface area contributed by atoms with E-state index < -0.39 is 132 Å². The first kappa shape index (κ1) is 33.9. The Bertz CT molecular complexity index is 1420.